The summed E-state index contributed by atoms with van der Waals surface area (Å²) in [5, 5.41) is 17.7. The van der Waals surface area contributed by atoms with Crippen LogP contribution in [0.4, 0.5) is 5.69 Å². The van der Waals surface area contributed by atoms with E-state index in [9.17, 15) is 14.7 Å². The van der Waals surface area contributed by atoms with Gasteiger partial charge in [0.2, 0.25) is 0 Å². The summed E-state index contributed by atoms with van der Waals surface area (Å²) in [6.45, 7) is 0. The van der Waals surface area contributed by atoms with E-state index in [-0.39, 0.29) is 28.1 Å². The molecule has 0 saturated carbocycles. The van der Waals surface area contributed by atoms with Gasteiger partial charge in [-0.3, -0.25) is 4.79 Å². The van der Waals surface area contributed by atoms with Crippen molar-refractivity contribution >= 4 is 58.2 Å². The van der Waals surface area contributed by atoms with E-state index < -0.39 is 17.9 Å². The number of thiazole rings is 1. The average Bonchev–Trinajstić information content (AvgIpc) is 3.42. The number of aromatic nitrogens is 3. The van der Waals surface area contributed by atoms with Crippen LogP contribution in [0.2, 0.25) is 10.0 Å². The largest absolute Gasteiger partial charge is 0.480 e. The number of halogens is 2. The molecule has 0 spiro atoms. The molecule has 4 rings (SSSR count). The standard InChI is InChI=1S/C26H21Cl2N5O3S/c27-18-5-2-6-19(28)22(18)25(34)33-20(26(35)36)7-1-4-16-8-10-17(11-9-16)32-23(21-14-37-15-31-21)24-29-12-3-13-30-24/h1-6,8-15,20,23,32H,7H2,(H,33,34)(H,35,36). The molecule has 0 aliphatic heterocycles. The predicted octanol–water partition coefficient (Wildman–Crippen LogP) is 5.73. The molecular formula is C26H21Cl2N5O3S. The molecule has 8 nitrogen and oxygen atoms in total. The van der Waals surface area contributed by atoms with Crippen LogP contribution in [0, 0.1) is 0 Å². The van der Waals surface area contributed by atoms with E-state index in [4.69, 9.17) is 23.2 Å². The third-order valence-electron chi connectivity index (χ3n) is 5.29. The Hall–Kier alpha value is -3.79. The molecule has 0 fully saturated rings. The minimum absolute atomic E-state index is 0.0426. The second kappa shape index (κ2) is 12.4. The lowest BCUT2D eigenvalue weighted by atomic mass is 10.1. The van der Waals surface area contributed by atoms with E-state index in [1.54, 1.807) is 42.2 Å². The maximum Gasteiger partial charge on any atom is 0.326 e. The number of carbonyl (C=O) groups is 2. The highest BCUT2D eigenvalue weighted by Gasteiger charge is 2.22. The summed E-state index contributed by atoms with van der Waals surface area (Å²) in [5.41, 5.74) is 4.32. The van der Waals surface area contributed by atoms with Gasteiger partial charge in [-0.1, -0.05) is 53.6 Å². The summed E-state index contributed by atoms with van der Waals surface area (Å²) >= 11 is 13.6. The second-order valence-electron chi connectivity index (χ2n) is 7.82. The number of benzene rings is 2. The first-order chi connectivity index (χ1) is 17.9. The van der Waals surface area contributed by atoms with Crippen molar-refractivity contribution in [3.8, 4) is 0 Å². The van der Waals surface area contributed by atoms with E-state index in [2.05, 4.69) is 25.6 Å². The number of anilines is 1. The van der Waals surface area contributed by atoms with Gasteiger partial charge in [0, 0.05) is 23.5 Å². The van der Waals surface area contributed by atoms with Crippen LogP contribution in [0.5, 0.6) is 0 Å². The smallest absolute Gasteiger partial charge is 0.326 e. The van der Waals surface area contributed by atoms with Crippen LogP contribution < -0.4 is 10.6 Å². The van der Waals surface area contributed by atoms with Crippen LogP contribution in [0.25, 0.3) is 6.08 Å². The van der Waals surface area contributed by atoms with Crippen LogP contribution in [0.1, 0.15) is 39.9 Å². The van der Waals surface area contributed by atoms with Crippen LogP contribution >= 0.6 is 34.5 Å². The van der Waals surface area contributed by atoms with Gasteiger partial charge in [-0.25, -0.2) is 19.7 Å². The lowest BCUT2D eigenvalue weighted by molar-refractivity contribution is -0.139. The Morgan fingerprint density at radius 3 is 2.32 bits per heavy atom. The van der Waals surface area contributed by atoms with Crippen LogP contribution in [0.3, 0.4) is 0 Å². The van der Waals surface area contributed by atoms with Gasteiger partial charge >= 0.3 is 5.97 Å². The molecule has 2 unspecified atom stereocenters. The Morgan fingerprint density at radius 2 is 1.70 bits per heavy atom. The van der Waals surface area contributed by atoms with Crippen molar-refractivity contribution in [2.75, 3.05) is 5.32 Å². The van der Waals surface area contributed by atoms with Crippen molar-refractivity contribution < 1.29 is 14.7 Å². The van der Waals surface area contributed by atoms with Crippen molar-refractivity contribution in [1.29, 1.82) is 0 Å². The summed E-state index contributed by atoms with van der Waals surface area (Å²) in [5.74, 6) is -1.21. The lowest BCUT2D eigenvalue weighted by Crippen LogP contribution is -2.40. The van der Waals surface area contributed by atoms with E-state index >= 15 is 0 Å². The molecule has 0 saturated heterocycles. The Balaban J connectivity index is 1.40. The first kappa shape index (κ1) is 26.3. The van der Waals surface area contributed by atoms with Crippen molar-refractivity contribution in [2.45, 2.75) is 18.5 Å². The van der Waals surface area contributed by atoms with E-state index in [0.717, 1.165) is 16.9 Å². The van der Waals surface area contributed by atoms with Crippen LogP contribution in [0.15, 0.2) is 77.9 Å². The van der Waals surface area contributed by atoms with Gasteiger partial charge in [-0.05, 0) is 42.3 Å². The highest BCUT2D eigenvalue weighted by molar-refractivity contribution is 7.07. The summed E-state index contributed by atoms with van der Waals surface area (Å²) < 4.78 is 0. The Morgan fingerprint density at radius 1 is 1.00 bits per heavy atom. The topological polar surface area (TPSA) is 117 Å². The van der Waals surface area contributed by atoms with Crippen LogP contribution in [-0.2, 0) is 4.79 Å². The summed E-state index contributed by atoms with van der Waals surface area (Å²) in [4.78, 5) is 37.4. The molecule has 0 aliphatic rings. The van der Waals surface area contributed by atoms with Gasteiger partial charge in [0.25, 0.3) is 5.91 Å². The zero-order valence-electron chi connectivity index (χ0n) is 19.2. The Labute approximate surface area is 227 Å². The third kappa shape index (κ3) is 6.91. The second-order valence-corrected chi connectivity index (χ2v) is 9.35. The van der Waals surface area contributed by atoms with Gasteiger partial charge in [0.05, 0.1) is 26.8 Å². The molecule has 2 aromatic carbocycles. The number of carboxylic acids is 1. The molecule has 2 aromatic heterocycles. The van der Waals surface area contributed by atoms with Gasteiger partial charge in [0.15, 0.2) is 5.82 Å². The summed E-state index contributed by atoms with van der Waals surface area (Å²) in [6, 6.07) is 12.5. The molecule has 11 heteroatoms. The molecule has 2 heterocycles. The molecule has 0 bridgehead atoms. The summed E-state index contributed by atoms with van der Waals surface area (Å²) in [7, 11) is 0. The molecule has 37 heavy (non-hydrogen) atoms. The number of nitrogens with one attached hydrogen (secondary N) is 2. The number of carboxylic acid groups (broad SMARTS) is 1. The Kier molecular flexibility index (Phi) is 8.84. The minimum atomic E-state index is -1.17. The summed E-state index contributed by atoms with van der Waals surface area (Å²) in [6.07, 6.45) is 6.92. The van der Waals surface area contributed by atoms with Crippen molar-refractivity contribution in [3.63, 3.8) is 0 Å². The first-order valence-corrected chi connectivity index (χ1v) is 12.8. The van der Waals surface area contributed by atoms with Crippen molar-refractivity contribution in [3.05, 3.63) is 111 Å². The quantitative estimate of drug-likeness (QED) is 0.229. The van der Waals surface area contributed by atoms with Gasteiger partial charge in [-0.15, -0.1) is 11.3 Å². The zero-order chi connectivity index (χ0) is 26.2. The monoisotopic (exact) mass is 553 g/mol. The molecule has 1 amide bonds. The number of carbonyl (C=O) groups excluding carboxylic acids is 1. The van der Waals surface area contributed by atoms with Gasteiger partial charge < -0.3 is 15.7 Å². The highest BCUT2D eigenvalue weighted by Crippen LogP contribution is 2.25. The third-order valence-corrected chi connectivity index (χ3v) is 6.52. The number of hydrogen-bond donors (Lipinski definition) is 3. The van der Waals surface area contributed by atoms with Crippen molar-refractivity contribution in [1.82, 2.24) is 20.3 Å². The van der Waals surface area contributed by atoms with E-state index in [0.29, 0.717) is 5.82 Å². The number of hydrogen-bond acceptors (Lipinski definition) is 7. The Bertz CT molecular complexity index is 1360. The molecule has 0 aliphatic carbocycles. The zero-order valence-corrected chi connectivity index (χ0v) is 21.5. The fourth-order valence-corrected chi connectivity index (χ4v) is 4.61. The molecule has 0 radical (unpaired) electrons. The predicted molar refractivity (Wildman–Crippen MR) is 145 cm³/mol. The maximum absolute atomic E-state index is 12.6. The van der Waals surface area contributed by atoms with E-state index in [1.165, 1.54) is 23.5 Å². The average molecular weight is 554 g/mol. The lowest BCUT2D eigenvalue weighted by Gasteiger charge is -2.17. The van der Waals surface area contributed by atoms with Crippen molar-refractivity contribution in [2.24, 2.45) is 0 Å². The number of nitrogens with zero attached hydrogens (tertiary/aromatic N) is 3. The van der Waals surface area contributed by atoms with Gasteiger partial charge in [-0.2, -0.15) is 0 Å². The first-order valence-electron chi connectivity index (χ1n) is 11.1. The minimum Gasteiger partial charge on any atom is -0.480 e. The molecule has 188 valence electrons. The fraction of sp³-hybridized carbons (Fsp3) is 0.115. The molecule has 4 aromatic rings. The van der Waals surface area contributed by atoms with Gasteiger partial charge in [0.1, 0.15) is 12.1 Å². The highest BCUT2D eigenvalue weighted by atomic mass is 35.5. The number of aliphatic carboxylic acids is 1. The fourth-order valence-electron chi connectivity index (χ4n) is 3.46. The molecule has 2 atom stereocenters. The van der Waals surface area contributed by atoms with E-state index in [1.807, 2.05) is 29.6 Å². The SMILES string of the molecule is O=C(NC(CC=Cc1ccc(NC(c2cscn2)c2ncccn2)cc1)C(=O)O)c1c(Cl)cccc1Cl. The number of rotatable bonds is 10. The molecule has 3 N–H and O–H groups in total. The maximum atomic E-state index is 12.6. The molecular weight excluding hydrogens is 533 g/mol. The van der Waals surface area contributed by atoms with Crippen LogP contribution in [-0.4, -0.2) is 38.0 Å². The number of amides is 1. The normalized spacial score (nSPS) is 12.7.